The number of fused-ring (bicyclic) bond motifs is 1. The van der Waals surface area contributed by atoms with Gasteiger partial charge >= 0.3 is 0 Å². The molecule has 1 aliphatic heterocycles. The van der Waals surface area contributed by atoms with Crippen LogP contribution in [0.1, 0.15) is 32.8 Å². The molecule has 0 aromatic heterocycles. The molecule has 0 aliphatic carbocycles. The fourth-order valence-electron chi connectivity index (χ4n) is 2.11. The van der Waals surface area contributed by atoms with Crippen LogP contribution >= 0.6 is 0 Å². The second-order valence-corrected chi connectivity index (χ2v) is 5.60. The Morgan fingerprint density at radius 3 is 2.84 bits per heavy atom. The summed E-state index contributed by atoms with van der Waals surface area (Å²) in [6, 6.07) is 4.79. The number of ether oxygens (including phenoxy) is 2. The van der Waals surface area contributed by atoms with Crippen molar-refractivity contribution in [2.45, 2.75) is 33.2 Å². The van der Waals surface area contributed by atoms with Gasteiger partial charge in [-0.1, -0.05) is 12.1 Å². The topological polar surface area (TPSA) is 98.3 Å². The van der Waals surface area contributed by atoms with E-state index in [0.29, 0.717) is 23.8 Å². The molecule has 1 atom stereocenters. The zero-order valence-corrected chi connectivity index (χ0v) is 14.6. The lowest BCUT2D eigenvalue weighted by Crippen LogP contribution is -2.46. The number of carbonyl (C=O) groups is 2. The van der Waals surface area contributed by atoms with Crippen LogP contribution in [0, 0.1) is 0 Å². The maximum atomic E-state index is 11.8. The van der Waals surface area contributed by atoms with Crippen LogP contribution in [0.2, 0.25) is 0 Å². The average molecular weight is 349 g/mol. The maximum absolute atomic E-state index is 11.8. The Labute approximate surface area is 146 Å². The van der Waals surface area contributed by atoms with Gasteiger partial charge in [0.15, 0.2) is 18.1 Å². The van der Waals surface area contributed by atoms with Gasteiger partial charge in [0.2, 0.25) is 12.7 Å². The van der Waals surface area contributed by atoms with E-state index in [9.17, 15) is 9.59 Å². The first kappa shape index (κ1) is 18.6. The van der Waals surface area contributed by atoms with Crippen LogP contribution in [-0.2, 0) is 14.4 Å². The van der Waals surface area contributed by atoms with E-state index in [2.05, 4.69) is 15.8 Å². The Kier molecular flexibility index (Phi) is 6.62. The van der Waals surface area contributed by atoms with E-state index >= 15 is 0 Å². The molecule has 0 spiro atoms. The maximum Gasteiger partial charge on any atom is 0.261 e. The van der Waals surface area contributed by atoms with Gasteiger partial charge in [0.05, 0.1) is 5.71 Å². The highest BCUT2D eigenvalue weighted by Crippen LogP contribution is 2.32. The van der Waals surface area contributed by atoms with Crippen LogP contribution in [0.25, 0.3) is 0 Å². The van der Waals surface area contributed by atoms with Gasteiger partial charge in [-0.05, 0) is 38.5 Å². The fourth-order valence-corrected chi connectivity index (χ4v) is 2.11. The predicted molar refractivity (Wildman–Crippen MR) is 91.6 cm³/mol. The van der Waals surface area contributed by atoms with Crippen molar-refractivity contribution in [3.05, 3.63) is 23.8 Å². The van der Waals surface area contributed by atoms with Gasteiger partial charge in [0.1, 0.15) is 6.04 Å². The van der Waals surface area contributed by atoms with Crippen LogP contribution in [0.5, 0.6) is 11.5 Å². The molecule has 2 rings (SSSR count). The predicted octanol–water partition coefficient (Wildman–Crippen LogP) is 1.19. The summed E-state index contributed by atoms with van der Waals surface area (Å²) in [6.45, 7) is 5.84. The van der Waals surface area contributed by atoms with Crippen molar-refractivity contribution in [1.29, 1.82) is 0 Å². The minimum absolute atomic E-state index is 0.204. The minimum atomic E-state index is -0.624. The molecule has 1 aromatic rings. The summed E-state index contributed by atoms with van der Waals surface area (Å²) in [7, 11) is 0. The molecule has 0 bridgehead atoms. The van der Waals surface area contributed by atoms with Gasteiger partial charge in [0, 0.05) is 12.1 Å². The lowest BCUT2D eigenvalue weighted by molar-refractivity contribution is -0.131. The number of amides is 2. The van der Waals surface area contributed by atoms with Gasteiger partial charge in [0.25, 0.3) is 5.91 Å². The summed E-state index contributed by atoms with van der Waals surface area (Å²) in [4.78, 5) is 28.5. The Bertz CT molecular complexity index is 660. The van der Waals surface area contributed by atoms with Crippen LogP contribution in [0.4, 0.5) is 0 Å². The van der Waals surface area contributed by atoms with E-state index in [1.54, 1.807) is 26.0 Å². The minimum Gasteiger partial charge on any atom is -0.454 e. The monoisotopic (exact) mass is 349 g/mol. The number of hydrogen-bond acceptors (Lipinski definition) is 6. The summed E-state index contributed by atoms with van der Waals surface area (Å²) < 4.78 is 10.6. The second-order valence-electron chi connectivity index (χ2n) is 5.60. The van der Waals surface area contributed by atoms with Crippen LogP contribution in [0.3, 0.4) is 0 Å². The SMILES string of the molecule is CCCNC(=O)[C@H](C)NC(=O)CO/N=C(/C)c1ccc2c(c1)OCO2. The molecule has 0 unspecified atom stereocenters. The average Bonchev–Trinajstić information content (AvgIpc) is 3.06. The highest BCUT2D eigenvalue weighted by Gasteiger charge is 2.16. The summed E-state index contributed by atoms with van der Waals surface area (Å²) in [5.41, 5.74) is 1.40. The molecule has 2 N–H and O–H groups in total. The first-order valence-corrected chi connectivity index (χ1v) is 8.15. The first-order chi connectivity index (χ1) is 12.0. The smallest absolute Gasteiger partial charge is 0.261 e. The van der Waals surface area contributed by atoms with Crippen molar-refractivity contribution >= 4 is 17.5 Å². The number of nitrogens with zero attached hydrogens (tertiary/aromatic N) is 1. The third kappa shape index (κ3) is 5.37. The van der Waals surface area contributed by atoms with E-state index in [4.69, 9.17) is 14.3 Å². The Balaban J connectivity index is 1.79. The van der Waals surface area contributed by atoms with Crippen LogP contribution in [0.15, 0.2) is 23.4 Å². The third-order valence-electron chi connectivity index (χ3n) is 3.51. The van der Waals surface area contributed by atoms with Crippen LogP contribution in [-0.4, -0.2) is 43.5 Å². The van der Waals surface area contributed by atoms with Gasteiger partial charge in [-0.15, -0.1) is 0 Å². The lowest BCUT2D eigenvalue weighted by atomic mass is 10.1. The highest BCUT2D eigenvalue weighted by molar-refractivity contribution is 5.99. The molecule has 136 valence electrons. The molecule has 1 aliphatic rings. The molecule has 8 nitrogen and oxygen atoms in total. The zero-order valence-electron chi connectivity index (χ0n) is 14.6. The van der Waals surface area contributed by atoms with Crippen molar-refractivity contribution in [2.24, 2.45) is 5.16 Å². The van der Waals surface area contributed by atoms with Crippen molar-refractivity contribution in [3.63, 3.8) is 0 Å². The normalized spacial score (nSPS) is 14.0. The number of nitrogens with one attached hydrogen (secondary N) is 2. The van der Waals surface area contributed by atoms with Crippen LogP contribution < -0.4 is 20.1 Å². The van der Waals surface area contributed by atoms with Crippen molar-refractivity contribution in [1.82, 2.24) is 10.6 Å². The van der Waals surface area contributed by atoms with Crippen molar-refractivity contribution < 1.29 is 23.9 Å². The van der Waals surface area contributed by atoms with Crippen molar-refractivity contribution in [2.75, 3.05) is 19.9 Å². The molecule has 0 saturated carbocycles. The zero-order chi connectivity index (χ0) is 18.2. The summed E-state index contributed by atoms with van der Waals surface area (Å²) in [5, 5.41) is 9.18. The lowest BCUT2D eigenvalue weighted by Gasteiger charge is -2.13. The Morgan fingerprint density at radius 1 is 1.32 bits per heavy atom. The first-order valence-electron chi connectivity index (χ1n) is 8.15. The summed E-state index contributed by atoms with van der Waals surface area (Å²) in [6.07, 6.45) is 0.837. The Morgan fingerprint density at radius 2 is 2.08 bits per heavy atom. The molecule has 2 amide bonds. The fraction of sp³-hybridized carbons (Fsp3) is 0.471. The van der Waals surface area contributed by atoms with E-state index in [1.807, 2.05) is 13.0 Å². The summed E-state index contributed by atoms with van der Waals surface area (Å²) >= 11 is 0. The van der Waals surface area contributed by atoms with E-state index in [-0.39, 0.29) is 19.3 Å². The molecule has 0 fully saturated rings. The van der Waals surface area contributed by atoms with Gasteiger partial charge in [-0.3, -0.25) is 9.59 Å². The van der Waals surface area contributed by atoms with E-state index in [1.165, 1.54) is 0 Å². The van der Waals surface area contributed by atoms with Gasteiger partial charge < -0.3 is 24.9 Å². The third-order valence-corrected chi connectivity index (χ3v) is 3.51. The van der Waals surface area contributed by atoms with Crippen molar-refractivity contribution in [3.8, 4) is 11.5 Å². The summed E-state index contributed by atoms with van der Waals surface area (Å²) in [5.74, 6) is 0.695. The van der Waals surface area contributed by atoms with E-state index < -0.39 is 11.9 Å². The molecular formula is C17H23N3O5. The number of rotatable bonds is 8. The largest absolute Gasteiger partial charge is 0.454 e. The van der Waals surface area contributed by atoms with Gasteiger partial charge in [-0.25, -0.2) is 0 Å². The molecule has 8 heteroatoms. The second kappa shape index (κ2) is 8.91. The number of carbonyl (C=O) groups excluding carboxylic acids is 2. The highest BCUT2D eigenvalue weighted by atomic mass is 16.7. The molecule has 1 aromatic carbocycles. The number of benzene rings is 1. The molecule has 0 radical (unpaired) electrons. The van der Waals surface area contributed by atoms with Gasteiger partial charge in [-0.2, -0.15) is 0 Å². The molecule has 0 saturated heterocycles. The Hall–Kier alpha value is -2.77. The molecular weight excluding hydrogens is 326 g/mol. The number of oxime groups is 1. The number of hydrogen-bond donors (Lipinski definition) is 2. The standard InChI is InChI=1S/C17H23N3O5/c1-4-7-18-17(22)12(3)19-16(21)9-25-20-11(2)13-5-6-14-15(8-13)24-10-23-14/h5-6,8,12H,4,7,9-10H2,1-3H3,(H,18,22)(H,19,21)/b20-11-/t12-/m0/s1. The van der Waals surface area contributed by atoms with E-state index in [0.717, 1.165) is 12.0 Å². The molecule has 1 heterocycles. The quantitative estimate of drug-likeness (QED) is 0.543. The molecule has 25 heavy (non-hydrogen) atoms.